The molecule has 2 aliphatic rings. The Morgan fingerprint density at radius 1 is 1.00 bits per heavy atom. The highest BCUT2D eigenvalue weighted by molar-refractivity contribution is 9.10. The van der Waals surface area contributed by atoms with Crippen LogP contribution in [0.3, 0.4) is 0 Å². The minimum absolute atomic E-state index is 0.375. The molecule has 1 saturated heterocycles. The molecule has 2 aromatic carbocycles. The van der Waals surface area contributed by atoms with Gasteiger partial charge in [0, 0.05) is 4.47 Å². The number of carbonyl (C=O) groups is 2. The maximum atomic E-state index is 13.0. The lowest BCUT2D eigenvalue weighted by Crippen LogP contribution is -2.40. The zero-order chi connectivity index (χ0) is 17.6. The average Bonchev–Trinajstić information content (AvgIpc) is 3.16. The predicted octanol–water partition coefficient (Wildman–Crippen LogP) is 2.96. The van der Waals surface area contributed by atoms with Gasteiger partial charge in [-0.05, 0) is 40.2 Å². The van der Waals surface area contributed by atoms with Crippen molar-refractivity contribution in [2.24, 2.45) is 10.3 Å². The molecule has 4 rings (SSSR count). The normalized spacial score (nSPS) is 21.8. The van der Waals surface area contributed by atoms with E-state index in [4.69, 9.17) is 4.74 Å². The highest BCUT2D eigenvalue weighted by Gasteiger charge is 2.55. The fourth-order valence-corrected chi connectivity index (χ4v) is 3.51. The van der Waals surface area contributed by atoms with Crippen LogP contribution in [0.4, 0.5) is 11.4 Å². The summed E-state index contributed by atoms with van der Waals surface area (Å²) in [6.07, 6.45) is 0. The monoisotopic (exact) mass is 400 g/mol. The van der Waals surface area contributed by atoms with E-state index in [1.54, 1.807) is 24.3 Å². The third-order valence-corrected chi connectivity index (χ3v) is 4.88. The number of hydrogen-bond acceptors (Lipinski definition) is 6. The number of amides is 2. The van der Waals surface area contributed by atoms with E-state index in [1.165, 1.54) is 12.1 Å². The molecule has 126 valence electrons. The molecule has 0 saturated carbocycles. The van der Waals surface area contributed by atoms with Gasteiger partial charge < -0.3 is 4.74 Å². The van der Waals surface area contributed by atoms with Gasteiger partial charge in [0.15, 0.2) is 12.1 Å². The minimum Gasteiger partial charge on any atom is -0.495 e. The highest BCUT2D eigenvalue weighted by atomic mass is 79.9. The van der Waals surface area contributed by atoms with Crippen molar-refractivity contribution in [2.45, 2.75) is 12.1 Å². The van der Waals surface area contributed by atoms with Crippen molar-refractivity contribution in [3.8, 4) is 5.75 Å². The van der Waals surface area contributed by atoms with Crippen LogP contribution in [0.5, 0.6) is 5.75 Å². The van der Waals surface area contributed by atoms with Gasteiger partial charge in [-0.25, -0.2) is 9.91 Å². The van der Waals surface area contributed by atoms with Crippen LogP contribution in [-0.2, 0) is 9.59 Å². The van der Waals surface area contributed by atoms with Crippen molar-refractivity contribution in [1.82, 2.24) is 0 Å². The van der Waals surface area contributed by atoms with E-state index >= 15 is 0 Å². The fourth-order valence-electron chi connectivity index (χ4n) is 3.05. The molecule has 0 radical (unpaired) electrons. The Hall–Kier alpha value is -2.74. The standard InChI is InChI=1S/C17H13BrN4O3/c1-25-13-9-5-4-8-12(13)21-16(23)14-15(17(21)24)22(20-19-14)11-7-3-2-6-10(11)18/h2-9,14-15H,1H3/t14-,15-/m1/s1. The number of benzene rings is 2. The van der Waals surface area contributed by atoms with Crippen molar-refractivity contribution in [2.75, 3.05) is 17.0 Å². The molecule has 2 heterocycles. The minimum atomic E-state index is -0.857. The van der Waals surface area contributed by atoms with Crippen LogP contribution in [0.15, 0.2) is 63.3 Å². The Kier molecular flexibility index (Phi) is 3.76. The number of ether oxygens (including phenoxy) is 1. The van der Waals surface area contributed by atoms with Crippen LogP contribution < -0.4 is 14.6 Å². The summed E-state index contributed by atoms with van der Waals surface area (Å²) in [5.74, 6) is -0.327. The summed E-state index contributed by atoms with van der Waals surface area (Å²) in [6.45, 7) is 0. The molecule has 0 aliphatic carbocycles. The summed E-state index contributed by atoms with van der Waals surface area (Å²) in [7, 11) is 1.50. The number of rotatable bonds is 3. The van der Waals surface area contributed by atoms with E-state index in [1.807, 2.05) is 24.3 Å². The van der Waals surface area contributed by atoms with Crippen LogP contribution in [0, 0.1) is 0 Å². The zero-order valence-corrected chi connectivity index (χ0v) is 14.8. The summed E-state index contributed by atoms with van der Waals surface area (Å²) in [6, 6.07) is 12.6. The molecule has 0 unspecified atom stereocenters. The van der Waals surface area contributed by atoms with Crippen molar-refractivity contribution >= 4 is 39.1 Å². The molecule has 0 bridgehead atoms. The number of imide groups is 1. The molecule has 2 aliphatic heterocycles. The first-order chi connectivity index (χ1) is 12.1. The molecule has 1 fully saturated rings. The van der Waals surface area contributed by atoms with Crippen molar-refractivity contribution in [1.29, 1.82) is 0 Å². The lowest BCUT2D eigenvalue weighted by molar-refractivity contribution is -0.121. The van der Waals surface area contributed by atoms with Gasteiger partial charge in [-0.3, -0.25) is 9.59 Å². The van der Waals surface area contributed by atoms with Gasteiger partial charge >= 0.3 is 0 Å². The molecule has 2 atom stereocenters. The molecule has 0 spiro atoms. The highest BCUT2D eigenvalue weighted by Crippen LogP contribution is 2.39. The van der Waals surface area contributed by atoms with E-state index < -0.39 is 18.0 Å². The summed E-state index contributed by atoms with van der Waals surface area (Å²) in [5.41, 5.74) is 1.10. The second-order valence-corrected chi connectivity index (χ2v) is 6.43. The second kappa shape index (κ2) is 5.96. The maximum Gasteiger partial charge on any atom is 0.263 e. The van der Waals surface area contributed by atoms with Gasteiger partial charge in [0.1, 0.15) is 5.75 Å². The van der Waals surface area contributed by atoms with E-state index in [2.05, 4.69) is 26.3 Å². The van der Waals surface area contributed by atoms with Gasteiger partial charge in [-0.2, -0.15) is 5.11 Å². The molecule has 25 heavy (non-hydrogen) atoms. The number of nitrogens with zero attached hydrogens (tertiary/aromatic N) is 4. The molecular formula is C17H13BrN4O3. The Bertz CT molecular complexity index is 901. The maximum absolute atomic E-state index is 13.0. The number of anilines is 2. The van der Waals surface area contributed by atoms with E-state index in [0.717, 1.165) is 9.37 Å². The summed E-state index contributed by atoms with van der Waals surface area (Å²) in [5, 5.41) is 9.58. The van der Waals surface area contributed by atoms with Crippen molar-refractivity contribution < 1.29 is 14.3 Å². The molecule has 8 heteroatoms. The fraction of sp³-hybridized carbons (Fsp3) is 0.176. The Labute approximate surface area is 152 Å². The van der Waals surface area contributed by atoms with Gasteiger partial charge in [-0.1, -0.05) is 29.5 Å². The molecule has 0 N–H and O–H groups in total. The number of halogens is 1. The number of methoxy groups -OCH3 is 1. The number of carbonyl (C=O) groups excluding carboxylic acids is 2. The van der Waals surface area contributed by atoms with Crippen molar-refractivity contribution in [3.63, 3.8) is 0 Å². The predicted molar refractivity (Wildman–Crippen MR) is 94.5 cm³/mol. The molecule has 2 amide bonds. The van der Waals surface area contributed by atoms with Gasteiger partial charge in [0.05, 0.1) is 18.5 Å². The number of para-hydroxylation sites is 3. The molecule has 2 aromatic rings. The van der Waals surface area contributed by atoms with E-state index in [0.29, 0.717) is 17.1 Å². The molecular weight excluding hydrogens is 388 g/mol. The summed E-state index contributed by atoms with van der Waals surface area (Å²) < 4.78 is 6.05. The Morgan fingerprint density at radius 2 is 1.68 bits per heavy atom. The van der Waals surface area contributed by atoms with E-state index in [-0.39, 0.29) is 5.91 Å². The zero-order valence-electron chi connectivity index (χ0n) is 13.2. The Morgan fingerprint density at radius 3 is 2.40 bits per heavy atom. The third-order valence-electron chi connectivity index (χ3n) is 4.21. The van der Waals surface area contributed by atoms with Gasteiger partial charge in [-0.15, -0.1) is 0 Å². The van der Waals surface area contributed by atoms with Crippen LogP contribution >= 0.6 is 15.9 Å². The average molecular weight is 401 g/mol. The molecule has 0 aromatic heterocycles. The molecule has 7 nitrogen and oxygen atoms in total. The quantitative estimate of drug-likeness (QED) is 0.742. The smallest absolute Gasteiger partial charge is 0.263 e. The lowest BCUT2D eigenvalue weighted by atomic mass is 10.1. The SMILES string of the molecule is COc1ccccc1N1C(=O)[C@@H]2N=NN(c3ccccc3Br)[C@H]2C1=O. The first-order valence-electron chi connectivity index (χ1n) is 7.59. The van der Waals surface area contributed by atoms with Gasteiger partial charge in [0.25, 0.3) is 11.8 Å². The van der Waals surface area contributed by atoms with Crippen molar-refractivity contribution in [3.05, 3.63) is 53.0 Å². The van der Waals surface area contributed by atoms with Crippen LogP contribution in [-0.4, -0.2) is 31.0 Å². The summed E-state index contributed by atoms with van der Waals surface area (Å²) in [4.78, 5) is 27.0. The number of hydrogen-bond donors (Lipinski definition) is 0. The third kappa shape index (κ3) is 2.32. The lowest BCUT2D eigenvalue weighted by Gasteiger charge is -2.22. The Balaban J connectivity index is 1.75. The second-order valence-electron chi connectivity index (χ2n) is 5.57. The largest absolute Gasteiger partial charge is 0.495 e. The van der Waals surface area contributed by atoms with Crippen LogP contribution in [0.2, 0.25) is 0 Å². The van der Waals surface area contributed by atoms with Gasteiger partial charge in [0.2, 0.25) is 0 Å². The first-order valence-corrected chi connectivity index (χ1v) is 8.38. The van der Waals surface area contributed by atoms with Crippen LogP contribution in [0.25, 0.3) is 0 Å². The first kappa shape index (κ1) is 15.8. The van der Waals surface area contributed by atoms with E-state index in [9.17, 15) is 9.59 Å². The summed E-state index contributed by atoms with van der Waals surface area (Å²) >= 11 is 3.45. The topological polar surface area (TPSA) is 74.6 Å². The number of fused-ring (bicyclic) bond motifs is 1. The van der Waals surface area contributed by atoms with Crippen LogP contribution in [0.1, 0.15) is 0 Å².